The summed E-state index contributed by atoms with van der Waals surface area (Å²) in [4.78, 5) is 30.4. The van der Waals surface area contributed by atoms with E-state index in [1.165, 1.54) is 0 Å². The molecule has 2 N–H and O–H groups in total. The molecular weight excluding hydrogens is 368 g/mol. The van der Waals surface area contributed by atoms with Crippen molar-refractivity contribution in [2.75, 3.05) is 30.3 Å². The van der Waals surface area contributed by atoms with Crippen LogP contribution in [0.3, 0.4) is 0 Å². The Hall–Kier alpha value is -3.09. The summed E-state index contributed by atoms with van der Waals surface area (Å²) in [5.74, 6) is -0.181. The molecule has 29 heavy (non-hydrogen) atoms. The number of aromatic nitrogens is 1. The number of nitrogens with zero attached hydrogens (tertiary/aromatic N) is 2. The van der Waals surface area contributed by atoms with Crippen molar-refractivity contribution in [3.63, 3.8) is 0 Å². The molecule has 1 fully saturated rings. The third-order valence-corrected chi connectivity index (χ3v) is 5.04. The zero-order valence-electron chi connectivity index (χ0n) is 17.0. The van der Waals surface area contributed by atoms with Gasteiger partial charge in [0.1, 0.15) is 0 Å². The summed E-state index contributed by atoms with van der Waals surface area (Å²) >= 11 is 0. The fourth-order valence-corrected chi connectivity index (χ4v) is 3.44. The minimum Gasteiger partial charge on any atom is -0.450 e. The number of ether oxygens (including phenoxy) is 1. The van der Waals surface area contributed by atoms with Gasteiger partial charge >= 0.3 is 6.09 Å². The molecule has 7 heteroatoms. The van der Waals surface area contributed by atoms with E-state index in [9.17, 15) is 9.59 Å². The molecule has 0 radical (unpaired) electrons. The van der Waals surface area contributed by atoms with E-state index in [0.29, 0.717) is 25.3 Å². The average molecular weight is 396 g/mol. The van der Waals surface area contributed by atoms with Gasteiger partial charge in [-0.15, -0.1) is 0 Å². The first-order valence-corrected chi connectivity index (χ1v) is 10.1. The standard InChI is InChI=1S/C22H28N4O3/c1-3-16-7-5-6-8-20(16)25-21(27)17-13-19(15-23-14-17)24-18-9-11-26(12-10-18)22(28)29-4-2/h5-8,13-15,18,24H,3-4,9-12H2,1-2H3,(H,25,27). The van der Waals surface area contributed by atoms with Crippen LogP contribution in [0.25, 0.3) is 0 Å². The molecule has 0 aliphatic carbocycles. The van der Waals surface area contributed by atoms with Crippen molar-refractivity contribution in [2.24, 2.45) is 0 Å². The maximum atomic E-state index is 12.7. The highest BCUT2D eigenvalue weighted by atomic mass is 16.6. The van der Waals surface area contributed by atoms with E-state index < -0.39 is 0 Å². The Bertz CT molecular complexity index is 847. The van der Waals surface area contributed by atoms with E-state index in [-0.39, 0.29) is 18.0 Å². The average Bonchev–Trinajstić information content (AvgIpc) is 2.75. The molecule has 2 aromatic rings. The van der Waals surface area contributed by atoms with Gasteiger partial charge in [-0.2, -0.15) is 0 Å². The number of anilines is 2. The molecule has 0 spiro atoms. The highest BCUT2D eigenvalue weighted by Crippen LogP contribution is 2.20. The number of rotatable bonds is 6. The van der Waals surface area contributed by atoms with Crippen LogP contribution in [0.4, 0.5) is 16.2 Å². The summed E-state index contributed by atoms with van der Waals surface area (Å²) in [6, 6.07) is 9.83. The molecule has 3 rings (SSSR count). The lowest BCUT2D eigenvalue weighted by atomic mass is 10.0. The fourth-order valence-electron chi connectivity index (χ4n) is 3.44. The molecule has 0 saturated carbocycles. The van der Waals surface area contributed by atoms with Crippen molar-refractivity contribution < 1.29 is 14.3 Å². The molecule has 0 bridgehead atoms. The second kappa shape index (κ2) is 9.91. The van der Waals surface area contributed by atoms with Crippen LogP contribution in [0.1, 0.15) is 42.6 Å². The molecule has 154 valence electrons. The van der Waals surface area contributed by atoms with Crippen LogP contribution < -0.4 is 10.6 Å². The van der Waals surface area contributed by atoms with Gasteiger partial charge in [-0.25, -0.2) is 4.79 Å². The van der Waals surface area contributed by atoms with Gasteiger partial charge in [0, 0.05) is 37.2 Å². The Morgan fingerprint density at radius 3 is 2.66 bits per heavy atom. The molecule has 0 unspecified atom stereocenters. The Balaban J connectivity index is 1.58. The molecule has 7 nitrogen and oxygen atoms in total. The summed E-state index contributed by atoms with van der Waals surface area (Å²) in [6.45, 7) is 5.56. The van der Waals surface area contributed by atoms with Crippen molar-refractivity contribution in [3.05, 3.63) is 53.9 Å². The van der Waals surface area contributed by atoms with Crippen LogP contribution >= 0.6 is 0 Å². The van der Waals surface area contributed by atoms with Crippen LogP contribution in [-0.4, -0.2) is 47.6 Å². The number of para-hydroxylation sites is 1. The van der Waals surface area contributed by atoms with E-state index in [1.54, 1.807) is 17.3 Å². The number of hydrogen-bond acceptors (Lipinski definition) is 5. The van der Waals surface area contributed by atoms with Gasteiger partial charge in [0.2, 0.25) is 0 Å². The van der Waals surface area contributed by atoms with Crippen LogP contribution in [0.5, 0.6) is 0 Å². The summed E-state index contributed by atoms with van der Waals surface area (Å²) in [5.41, 5.74) is 3.22. The van der Waals surface area contributed by atoms with E-state index in [2.05, 4.69) is 22.5 Å². The predicted octanol–water partition coefficient (Wildman–Crippen LogP) is 3.93. The lowest BCUT2D eigenvalue weighted by molar-refractivity contribution is 0.0981. The van der Waals surface area contributed by atoms with Crippen molar-refractivity contribution in [3.8, 4) is 0 Å². The first-order chi connectivity index (χ1) is 14.1. The molecule has 1 aromatic carbocycles. The summed E-state index contributed by atoms with van der Waals surface area (Å²) in [5, 5.41) is 6.41. The first kappa shape index (κ1) is 20.6. The summed E-state index contributed by atoms with van der Waals surface area (Å²) < 4.78 is 5.05. The zero-order valence-corrected chi connectivity index (χ0v) is 17.0. The van der Waals surface area contributed by atoms with Crippen LogP contribution in [0.15, 0.2) is 42.7 Å². The van der Waals surface area contributed by atoms with Gasteiger partial charge in [0.15, 0.2) is 0 Å². The van der Waals surface area contributed by atoms with Gasteiger partial charge in [-0.1, -0.05) is 25.1 Å². The molecule has 0 atom stereocenters. The number of pyridine rings is 1. The number of hydrogen-bond donors (Lipinski definition) is 2. The maximum absolute atomic E-state index is 12.7. The number of aryl methyl sites for hydroxylation is 1. The lowest BCUT2D eigenvalue weighted by Gasteiger charge is -2.32. The van der Waals surface area contributed by atoms with Crippen molar-refractivity contribution in [1.29, 1.82) is 0 Å². The molecule has 2 heterocycles. The quantitative estimate of drug-likeness (QED) is 0.773. The molecule has 1 aliphatic heterocycles. The zero-order chi connectivity index (χ0) is 20.6. The number of nitrogens with one attached hydrogen (secondary N) is 2. The third-order valence-electron chi connectivity index (χ3n) is 5.04. The van der Waals surface area contributed by atoms with Gasteiger partial charge < -0.3 is 20.3 Å². The topological polar surface area (TPSA) is 83.6 Å². The Morgan fingerprint density at radius 2 is 1.93 bits per heavy atom. The first-order valence-electron chi connectivity index (χ1n) is 10.1. The van der Waals surface area contributed by atoms with Gasteiger partial charge in [-0.3, -0.25) is 9.78 Å². The van der Waals surface area contributed by atoms with Gasteiger partial charge in [0.05, 0.1) is 17.9 Å². The van der Waals surface area contributed by atoms with Gasteiger partial charge in [-0.05, 0) is 43.9 Å². The summed E-state index contributed by atoms with van der Waals surface area (Å²) in [7, 11) is 0. The SMILES string of the molecule is CCOC(=O)N1CCC(Nc2cncc(C(=O)Nc3ccccc3CC)c2)CC1. The molecule has 1 saturated heterocycles. The Kier molecular flexibility index (Phi) is 7.05. The molecular formula is C22H28N4O3. The predicted molar refractivity (Wildman–Crippen MR) is 113 cm³/mol. The smallest absolute Gasteiger partial charge is 0.409 e. The summed E-state index contributed by atoms with van der Waals surface area (Å²) in [6.07, 6.45) is 5.52. The highest BCUT2D eigenvalue weighted by molar-refractivity contribution is 6.04. The molecule has 2 amide bonds. The number of piperidine rings is 1. The van der Waals surface area contributed by atoms with Crippen LogP contribution in [0, 0.1) is 0 Å². The number of amides is 2. The Labute approximate surface area is 171 Å². The van der Waals surface area contributed by atoms with E-state index >= 15 is 0 Å². The van der Waals surface area contributed by atoms with Crippen LogP contribution in [0.2, 0.25) is 0 Å². The largest absolute Gasteiger partial charge is 0.450 e. The normalized spacial score (nSPS) is 14.3. The third kappa shape index (κ3) is 5.47. The highest BCUT2D eigenvalue weighted by Gasteiger charge is 2.23. The fraction of sp³-hybridized carbons (Fsp3) is 0.409. The monoisotopic (exact) mass is 396 g/mol. The van der Waals surface area contributed by atoms with Gasteiger partial charge in [0.25, 0.3) is 5.91 Å². The second-order valence-electron chi connectivity index (χ2n) is 7.03. The second-order valence-corrected chi connectivity index (χ2v) is 7.03. The van der Waals surface area contributed by atoms with E-state index in [0.717, 1.165) is 36.2 Å². The van der Waals surface area contributed by atoms with Crippen molar-refractivity contribution in [2.45, 2.75) is 39.2 Å². The van der Waals surface area contributed by atoms with E-state index in [1.807, 2.05) is 37.3 Å². The van der Waals surface area contributed by atoms with Crippen molar-refractivity contribution >= 4 is 23.4 Å². The lowest BCUT2D eigenvalue weighted by Crippen LogP contribution is -2.42. The van der Waals surface area contributed by atoms with Crippen LogP contribution in [-0.2, 0) is 11.2 Å². The Morgan fingerprint density at radius 1 is 1.17 bits per heavy atom. The molecule has 1 aliphatic rings. The number of likely N-dealkylation sites (tertiary alicyclic amines) is 1. The number of carbonyl (C=O) groups excluding carboxylic acids is 2. The number of benzene rings is 1. The molecule has 1 aromatic heterocycles. The van der Waals surface area contributed by atoms with Crippen molar-refractivity contribution in [1.82, 2.24) is 9.88 Å². The van der Waals surface area contributed by atoms with E-state index in [4.69, 9.17) is 4.74 Å². The maximum Gasteiger partial charge on any atom is 0.409 e. The minimum atomic E-state index is -0.251. The number of carbonyl (C=O) groups is 2. The minimum absolute atomic E-state index is 0.181.